The Morgan fingerprint density at radius 1 is 1.40 bits per heavy atom. The van der Waals surface area contributed by atoms with Gasteiger partial charge in [-0.2, -0.15) is 5.26 Å². The summed E-state index contributed by atoms with van der Waals surface area (Å²) in [6.45, 7) is 9.76. The second-order valence-corrected chi connectivity index (χ2v) is 6.76. The van der Waals surface area contributed by atoms with Crippen molar-refractivity contribution in [2.75, 3.05) is 13.2 Å². The van der Waals surface area contributed by atoms with E-state index in [2.05, 4.69) is 32.6 Å². The quantitative estimate of drug-likeness (QED) is 0.686. The lowest BCUT2D eigenvalue weighted by atomic mass is 9.57. The molecule has 3 rings (SSSR count). The van der Waals surface area contributed by atoms with Crippen LogP contribution in [-0.4, -0.2) is 19.0 Å². The van der Waals surface area contributed by atoms with Crippen molar-refractivity contribution in [3.8, 4) is 6.07 Å². The van der Waals surface area contributed by atoms with E-state index in [1.54, 1.807) is 0 Å². The summed E-state index contributed by atoms with van der Waals surface area (Å²) in [7, 11) is 0. The molecule has 1 heterocycles. The average Bonchev–Trinajstić information content (AvgIpc) is 2.87. The Bertz CT molecular complexity index is 496. The van der Waals surface area contributed by atoms with Crippen LogP contribution in [0.3, 0.4) is 0 Å². The highest BCUT2D eigenvalue weighted by Crippen LogP contribution is 2.56. The van der Waals surface area contributed by atoms with Crippen LogP contribution in [0.5, 0.6) is 0 Å². The van der Waals surface area contributed by atoms with Gasteiger partial charge in [-0.05, 0) is 25.7 Å². The molecule has 1 saturated carbocycles. The molecule has 1 aliphatic heterocycles. The van der Waals surface area contributed by atoms with Gasteiger partial charge in [0.25, 0.3) is 0 Å². The van der Waals surface area contributed by atoms with E-state index >= 15 is 0 Å². The molecule has 1 saturated heterocycles. The lowest BCUT2D eigenvalue weighted by Gasteiger charge is -2.49. The van der Waals surface area contributed by atoms with Gasteiger partial charge in [-0.1, -0.05) is 30.7 Å². The van der Waals surface area contributed by atoms with Crippen molar-refractivity contribution < 1.29 is 9.47 Å². The standard InChI is InChI=1S/C17H23NO2/c1-12(2)13-8-14-10-17(19-6-7-20-17)5-4-16(14,3)15(9-13)11-18/h8,13,15H,1,4-7,9-10H2,2-3H3. The molecule has 0 aromatic heterocycles. The Morgan fingerprint density at radius 3 is 2.70 bits per heavy atom. The van der Waals surface area contributed by atoms with E-state index in [4.69, 9.17) is 9.47 Å². The molecule has 2 fully saturated rings. The van der Waals surface area contributed by atoms with Crippen LogP contribution in [0.15, 0.2) is 23.8 Å². The van der Waals surface area contributed by atoms with Gasteiger partial charge in [0, 0.05) is 18.3 Å². The van der Waals surface area contributed by atoms with Crippen LogP contribution in [0.2, 0.25) is 0 Å². The maximum Gasteiger partial charge on any atom is 0.172 e. The molecule has 1 spiro atoms. The average molecular weight is 273 g/mol. The molecule has 0 N–H and O–H groups in total. The van der Waals surface area contributed by atoms with Crippen molar-refractivity contribution in [3.05, 3.63) is 23.8 Å². The first-order chi connectivity index (χ1) is 9.49. The highest BCUT2D eigenvalue weighted by Gasteiger charge is 2.52. The number of hydrogen-bond donors (Lipinski definition) is 0. The fraction of sp³-hybridized carbons (Fsp3) is 0.706. The summed E-state index contributed by atoms with van der Waals surface area (Å²) >= 11 is 0. The number of rotatable bonds is 1. The largest absolute Gasteiger partial charge is 0.347 e. The summed E-state index contributed by atoms with van der Waals surface area (Å²) in [5, 5.41) is 9.58. The molecular weight excluding hydrogens is 250 g/mol. The normalized spacial score (nSPS) is 39.0. The third-order valence-electron chi connectivity index (χ3n) is 5.48. The smallest absolute Gasteiger partial charge is 0.172 e. The topological polar surface area (TPSA) is 42.2 Å². The van der Waals surface area contributed by atoms with Crippen LogP contribution >= 0.6 is 0 Å². The molecule has 3 nitrogen and oxygen atoms in total. The monoisotopic (exact) mass is 273 g/mol. The summed E-state index contributed by atoms with van der Waals surface area (Å²) in [5.41, 5.74) is 2.48. The van der Waals surface area contributed by atoms with Crippen LogP contribution in [0.1, 0.15) is 39.5 Å². The Balaban J connectivity index is 1.95. The molecule has 3 aliphatic rings. The lowest BCUT2D eigenvalue weighted by molar-refractivity contribution is -0.179. The Kier molecular flexibility index (Phi) is 3.27. The van der Waals surface area contributed by atoms with Crippen LogP contribution in [-0.2, 0) is 9.47 Å². The first kappa shape index (κ1) is 13.9. The molecule has 108 valence electrons. The minimum atomic E-state index is -0.414. The first-order valence-electron chi connectivity index (χ1n) is 7.53. The predicted octanol–water partition coefficient (Wildman–Crippen LogP) is 3.58. The lowest BCUT2D eigenvalue weighted by Crippen LogP contribution is -2.45. The third-order valence-corrected chi connectivity index (χ3v) is 5.48. The number of hydrogen-bond acceptors (Lipinski definition) is 3. The van der Waals surface area contributed by atoms with E-state index in [9.17, 15) is 5.26 Å². The maximum absolute atomic E-state index is 9.58. The van der Waals surface area contributed by atoms with Gasteiger partial charge in [0.2, 0.25) is 0 Å². The molecule has 2 aliphatic carbocycles. The van der Waals surface area contributed by atoms with Gasteiger partial charge >= 0.3 is 0 Å². The van der Waals surface area contributed by atoms with E-state index < -0.39 is 5.79 Å². The van der Waals surface area contributed by atoms with Gasteiger partial charge in [-0.15, -0.1) is 0 Å². The number of fused-ring (bicyclic) bond motifs is 1. The molecule has 0 radical (unpaired) electrons. The van der Waals surface area contributed by atoms with E-state index in [0.29, 0.717) is 19.1 Å². The maximum atomic E-state index is 9.58. The second kappa shape index (κ2) is 4.72. The van der Waals surface area contributed by atoms with Crippen molar-refractivity contribution in [3.63, 3.8) is 0 Å². The Hall–Kier alpha value is -1.11. The number of nitriles is 1. The van der Waals surface area contributed by atoms with E-state index in [-0.39, 0.29) is 11.3 Å². The first-order valence-corrected chi connectivity index (χ1v) is 7.53. The van der Waals surface area contributed by atoms with Crippen LogP contribution in [0.4, 0.5) is 0 Å². The van der Waals surface area contributed by atoms with Crippen molar-refractivity contribution >= 4 is 0 Å². The van der Waals surface area contributed by atoms with Gasteiger partial charge in [0.15, 0.2) is 5.79 Å². The summed E-state index contributed by atoms with van der Waals surface area (Å²) < 4.78 is 11.7. The second-order valence-electron chi connectivity index (χ2n) is 6.76. The van der Waals surface area contributed by atoms with Crippen LogP contribution < -0.4 is 0 Å². The van der Waals surface area contributed by atoms with Crippen molar-refractivity contribution in [1.82, 2.24) is 0 Å². The summed E-state index contributed by atoms with van der Waals surface area (Å²) in [6, 6.07) is 2.54. The van der Waals surface area contributed by atoms with Crippen molar-refractivity contribution in [1.29, 1.82) is 5.26 Å². The van der Waals surface area contributed by atoms with Gasteiger partial charge in [0.05, 0.1) is 25.2 Å². The van der Waals surface area contributed by atoms with Crippen LogP contribution in [0, 0.1) is 28.6 Å². The summed E-state index contributed by atoms with van der Waals surface area (Å²) in [6.07, 6.45) is 5.92. The molecule has 3 atom stereocenters. The molecule has 20 heavy (non-hydrogen) atoms. The molecule has 0 aromatic rings. The molecule has 0 bridgehead atoms. The third kappa shape index (κ3) is 2.03. The molecular formula is C17H23NO2. The Labute approximate surface area is 121 Å². The van der Waals surface area contributed by atoms with Crippen molar-refractivity contribution in [2.45, 2.75) is 45.3 Å². The van der Waals surface area contributed by atoms with Gasteiger partial charge < -0.3 is 9.47 Å². The molecule has 0 amide bonds. The SMILES string of the molecule is C=C(C)C1C=C2CC3(CCC2(C)C(C#N)C1)OCCO3. The Morgan fingerprint density at radius 2 is 2.10 bits per heavy atom. The van der Waals surface area contributed by atoms with Gasteiger partial charge in [0.1, 0.15) is 0 Å². The number of allylic oxidation sites excluding steroid dienone is 2. The zero-order valence-electron chi connectivity index (χ0n) is 12.4. The fourth-order valence-electron chi connectivity index (χ4n) is 3.95. The van der Waals surface area contributed by atoms with Crippen LogP contribution in [0.25, 0.3) is 0 Å². The van der Waals surface area contributed by atoms with Gasteiger partial charge in [-0.3, -0.25) is 0 Å². The minimum Gasteiger partial charge on any atom is -0.347 e. The van der Waals surface area contributed by atoms with E-state index in [1.165, 1.54) is 5.57 Å². The molecule has 3 unspecified atom stereocenters. The minimum absolute atomic E-state index is 0.0126. The number of ether oxygens (including phenoxy) is 2. The zero-order chi connectivity index (χ0) is 14.4. The molecule has 0 aromatic carbocycles. The zero-order valence-corrected chi connectivity index (χ0v) is 12.4. The predicted molar refractivity (Wildman–Crippen MR) is 76.7 cm³/mol. The summed E-state index contributed by atoms with van der Waals surface area (Å²) in [5.74, 6) is -0.0234. The fourth-order valence-corrected chi connectivity index (χ4v) is 3.95. The summed E-state index contributed by atoms with van der Waals surface area (Å²) in [4.78, 5) is 0. The van der Waals surface area contributed by atoms with Gasteiger partial charge in [-0.25, -0.2) is 0 Å². The van der Waals surface area contributed by atoms with E-state index in [1.807, 2.05) is 0 Å². The number of nitrogens with zero attached hydrogens (tertiary/aromatic N) is 1. The highest BCUT2D eigenvalue weighted by atomic mass is 16.7. The molecule has 3 heteroatoms. The van der Waals surface area contributed by atoms with E-state index in [0.717, 1.165) is 31.3 Å². The highest BCUT2D eigenvalue weighted by molar-refractivity contribution is 5.30. The van der Waals surface area contributed by atoms with Crippen molar-refractivity contribution in [2.24, 2.45) is 17.3 Å².